The third kappa shape index (κ3) is 1.60. The Morgan fingerprint density at radius 2 is 1.90 bits per heavy atom. The van der Waals surface area contributed by atoms with Crippen LogP contribution in [0.25, 0.3) is 10.9 Å². The first kappa shape index (κ1) is 12.9. The fraction of sp³-hybridized carbons (Fsp3) is 0.286. The van der Waals surface area contributed by atoms with Crippen molar-refractivity contribution in [3.05, 3.63) is 35.0 Å². The summed E-state index contributed by atoms with van der Waals surface area (Å²) in [5, 5.41) is 0.430. The smallest absolute Gasteiger partial charge is 0.204 e. The minimum atomic E-state index is -2.54. The number of nitrogens with zero attached hydrogens (tertiary/aromatic N) is 1. The molecule has 1 aromatic heterocycles. The molecule has 3 nitrogen and oxygen atoms in total. The Labute approximate surface area is 112 Å². The Morgan fingerprint density at radius 1 is 1.20 bits per heavy atom. The van der Waals surface area contributed by atoms with Crippen molar-refractivity contribution in [2.45, 2.75) is 25.4 Å². The summed E-state index contributed by atoms with van der Waals surface area (Å²) in [5.74, 6) is -1.14. The number of alkyl halides is 3. The molecule has 3 atom stereocenters. The van der Waals surface area contributed by atoms with Gasteiger partial charge in [-0.15, -0.1) is 0 Å². The zero-order valence-corrected chi connectivity index (χ0v) is 10.5. The van der Waals surface area contributed by atoms with Crippen LogP contribution in [0.3, 0.4) is 0 Å². The van der Waals surface area contributed by atoms with E-state index in [2.05, 4.69) is 4.98 Å². The van der Waals surface area contributed by atoms with Crippen molar-refractivity contribution in [3.63, 3.8) is 0 Å². The molecule has 0 saturated carbocycles. The first-order chi connectivity index (χ1) is 9.41. The van der Waals surface area contributed by atoms with Gasteiger partial charge in [-0.1, -0.05) is 12.1 Å². The van der Waals surface area contributed by atoms with Gasteiger partial charge >= 0.3 is 0 Å². The van der Waals surface area contributed by atoms with Crippen LogP contribution in [0.5, 0.6) is 0 Å². The van der Waals surface area contributed by atoms with Crippen LogP contribution in [-0.4, -0.2) is 23.1 Å². The molecule has 1 aliphatic carbocycles. The van der Waals surface area contributed by atoms with Crippen LogP contribution < -0.4 is 5.73 Å². The monoisotopic (exact) mass is 280 g/mol. The van der Waals surface area contributed by atoms with Crippen LogP contribution in [0.4, 0.5) is 18.9 Å². The number of pyridine rings is 1. The first-order valence-corrected chi connectivity index (χ1v) is 6.08. The number of hydrogen-bond acceptors (Lipinski definition) is 3. The lowest BCUT2D eigenvalue weighted by Gasteiger charge is -2.26. The molecule has 3 rings (SSSR count). The van der Waals surface area contributed by atoms with Crippen molar-refractivity contribution < 1.29 is 18.0 Å². The second kappa shape index (κ2) is 4.19. The standard InChI is InChI=1S/C14H11F3N2O/c1-5-2-3-6-7(4-5)19-13-8(12(6)18)14(20)11(17)9(15)10(13)16/h2-4,9-11H,1H3,(H2,18,19). The number of carbonyl (C=O) groups excluding carboxylic acids is 1. The number of benzene rings is 1. The number of Topliss-reactive ketones (excluding diaryl/α,β-unsaturated/α-hetero) is 1. The van der Waals surface area contributed by atoms with Crippen LogP contribution in [-0.2, 0) is 0 Å². The molecule has 0 fully saturated rings. The van der Waals surface area contributed by atoms with Crippen molar-refractivity contribution in [1.29, 1.82) is 0 Å². The molecule has 1 aliphatic rings. The lowest BCUT2D eigenvalue weighted by atomic mass is 9.88. The summed E-state index contributed by atoms with van der Waals surface area (Å²) in [6, 6.07) is 5.03. The Morgan fingerprint density at radius 3 is 2.60 bits per heavy atom. The summed E-state index contributed by atoms with van der Waals surface area (Å²) < 4.78 is 40.9. The summed E-state index contributed by atoms with van der Waals surface area (Å²) in [6.07, 6.45) is -7.36. The Kier molecular flexibility index (Phi) is 2.70. The molecule has 2 N–H and O–H groups in total. The van der Waals surface area contributed by atoms with Crippen molar-refractivity contribution in [2.75, 3.05) is 5.73 Å². The molecule has 0 bridgehead atoms. The third-order valence-electron chi connectivity index (χ3n) is 3.53. The number of aryl methyl sites for hydroxylation is 1. The second-order valence-electron chi connectivity index (χ2n) is 4.92. The van der Waals surface area contributed by atoms with Crippen molar-refractivity contribution in [3.8, 4) is 0 Å². The number of aromatic nitrogens is 1. The highest BCUT2D eigenvalue weighted by Crippen LogP contribution is 2.40. The van der Waals surface area contributed by atoms with Crippen molar-refractivity contribution >= 4 is 22.4 Å². The van der Waals surface area contributed by atoms with E-state index in [-0.39, 0.29) is 11.3 Å². The number of fused-ring (bicyclic) bond motifs is 2. The fourth-order valence-corrected chi connectivity index (χ4v) is 2.46. The van der Waals surface area contributed by atoms with Crippen LogP contribution >= 0.6 is 0 Å². The highest BCUT2D eigenvalue weighted by Gasteiger charge is 2.46. The van der Waals surface area contributed by atoms with E-state index in [1.54, 1.807) is 18.2 Å². The molecule has 0 radical (unpaired) electrons. The van der Waals surface area contributed by atoms with E-state index in [9.17, 15) is 18.0 Å². The molecule has 0 aliphatic heterocycles. The topological polar surface area (TPSA) is 56.0 Å². The predicted octanol–water partition coefficient (Wildman–Crippen LogP) is 3.01. The molecule has 2 aromatic rings. The molecule has 0 amide bonds. The predicted molar refractivity (Wildman–Crippen MR) is 68.9 cm³/mol. The number of hydrogen-bond donors (Lipinski definition) is 1. The number of nitrogen functional groups attached to an aromatic ring is 1. The molecule has 1 aromatic carbocycles. The van der Waals surface area contributed by atoms with Gasteiger partial charge in [-0.25, -0.2) is 18.2 Å². The molecule has 0 spiro atoms. The fourth-order valence-electron chi connectivity index (χ4n) is 2.46. The van der Waals surface area contributed by atoms with E-state index in [4.69, 9.17) is 5.73 Å². The van der Waals surface area contributed by atoms with Gasteiger partial charge in [-0.3, -0.25) is 4.79 Å². The Hall–Kier alpha value is -2.11. The van der Waals surface area contributed by atoms with Gasteiger partial charge in [-0.05, 0) is 18.6 Å². The summed E-state index contributed by atoms with van der Waals surface area (Å²) in [5.41, 5.74) is 6.26. The number of anilines is 1. The maximum atomic E-state index is 13.9. The molecule has 104 valence electrons. The van der Waals surface area contributed by atoms with Crippen molar-refractivity contribution in [1.82, 2.24) is 4.98 Å². The van der Waals surface area contributed by atoms with Gasteiger partial charge in [0.25, 0.3) is 0 Å². The molecule has 0 saturated heterocycles. The van der Waals surface area contributed by atoms with Gasteiger partial charge < -0.3 is 5.73 Å². The zero-order chi connectivity index (χ0) is 14.6. The molecular weight excluding hydrogens is 269 g/mol. The van der Waals surface area contributed by atoms with Crippen LogP contribution in [0.1, 0.15) is 27.8 Å². The Bertz CT molecular complexity index is 732. The summed E-state index contributed by atoms with van der Waals surface area (Å²) in [4.78, 5) is 15.8. The average Bonchev–Trinajstić information content (AvgIpc) is 2.42. The van der Waals surface area contributed by atoms with E-state index >= 15 is 0 Å². The number of nitrogens with two attached hydrogens (primary N) is 1. The van der Waals surface area contributed by atoms with Gasteiger partial charge in [-0.2, -0.15) is 0 Å². The van der Waals surface area contributed by atoms with Gasteiger partial charge in [0, 0.05) is 5.39 Å². The summed E-state index contributed by atoms with van der Waals surface area (Å²) in [7, 11) is 0. The lowest BCUT2D eigenvalue weighted by Crippen LogP contribution is -2.37. The van der Waals surface area contributed by atoms with Crippen LogP contribution in [0.2, 0.25) is 0 Å². The molecule has 20 heavy (non-hydrogen) atoms. The largest absolute Gasteiger partial charge is 0.398 e. The quantitative estimate of drug-likeness (QED) is 0.807. The average molecular weight is 280 g/mol. The summed E-state index contributed by atoms with van der Waals surface area (Å²) >= 11 is 0. The van der Waals surface area contributed by atoms with E-state index in [1.165, 1.54) is 0 Å². The van der Waals surface area contributed by atoms with Gasteiger partial charge in [0.15, 0.2) is 18.5 Å². The van der Waals surface area contributed by atoms with E-state index < -0.39 is 30.0 Å². The maximum absolute atomic E-state index is 13.9. The number of halogens is 3. The summed E-state index contributed by atoms with van der Waals surface area (Å²) in [6.45, 7) is 1.81. The van der Waals surface area contributed by atoms with Gasteiger partial charge in [0.1, 0.15) is 0 Å². The molecule has 1 heterocycles. The number of rotatable bonds is 0. The first-order valence-electron chi connectivity index (χ1n) is 6.08. The maximum Gasteiger partial charge on any atom is 0.204 e. The van der Waals surface area contributed by atoms with E-state index in [0.29, 0.717) is 10.9 Å². The third-order valence-corrected chi connectivity index (χ3v) is 3.53. The zero-order valence-electron chi connectivity index (χ0n) is 10.5. The van der Waals surface area contributed by atoms with E-state index in [0.717, 1.165) is 5.56 Å². The van der Waals surface area contributed by atoms with Gasteiger partial charge in [0.05, 0.1) is 22.5 Å². The minimum Gasteiger partial charge on any atom is -0.398 e. The van der Waals surface area contributed by atoms with Crippen LogP contribution in [0, 0.1) is 6.92 Å². The molecule has 6 heteroatoms. The van der Waals surface area contributed by atoms with Gasteiger partial charge in [0.2, 0.25) is 5.78 Å². The molecule has 3 unspecified atom stereocenters. The van der Waals surface area contributed by atoms with Crippen LogP contribution in [0.15, 0.2) is 18.2 Å². The Balaban J connectivity index is 2.38. The normalized spacial score (nSPS) is 25.8. The number of carbonyl (C=O) groups is 1. The SMILES string of the molecule is Cc1ccc2c(N)c3c(nc2c1)C(F)C(F)C(F)C3=O. The van der Waals surface area contributed by atoms with Crippen molar-refractivity contribution in [2.24, 2.45) is 0 Å². The minimum absolute atomic E-state index is 0.0489. The highest BCUT2D eigenvalue weighted by atomic mass is 19.2. The molecular formula is C14H11F3N2O. The highest BCUT2D eigenvalue weighted by molar-refractivity contribution is 6.11. The second-order valence-corrected chi connectivity index (χ2v) is 4.92. The number of ketones is 1. The lowest BCUT2D eigenvalue weighted by molar-refractivity contribution is 0.0494. The van der Waals surface area contributed by atoms with E-state index in [1.807, 2.05) is 6.92 Å².